The quantitative estimate of drug-likeness (QED) is 0.695. The maximum absolute atomic E-state index is 9.27. The smallest absolute Gasteiger partial charge is 0.0585 e. The maximum atomic E-state index is 9.27. The Morgan fingerprint density at radius 1 is 1.44 bits per heavy atom. The summed E-state index contributed by atoms with van der Waals surface area (Å²) in [7, 11) is 0. The predicted octanol–water partition coefficient (Wildman–Crippen LogP) is 1.61. The molecule has 0 aromatic rings. The molecule has 1 rings (SSSR count). The Morgan fingerprint density at radius 2 is 2.25 bits per heavy atom. The van der Waals surface area contributed by atoms with Crippen LogP contribution in [0.1, 0.15) is 46.0 Å². The molecule has 0 radical (unpaired) electrons. The average Bonchev–Trinajstić information content (AvgIpc) is 2.31. The monoisotopic (exact) mass is 228 g/mol. The number of likely N-dealkylation sites (tertiary alicyclic amines) is 1. The molecule has 1 aliphatic rings. The molecule has 2 atom stereocenters. The summed E-state index contributed by atoms with van der Waals surface area (Å²) in [6.45, 7) is 8.14. The third-order valence-corrected chi connectivity index (χ3v) is 3.61. The van der Waals surface area contributed by atoms with Gasteiger partial charge in [-0.1, -0.05) is 13.3 Å². The minimum absolute atomic E-state index is 0.266. The van der Waals surface area contributed by atoms with Gasteiger partial charge in [-0.3, -0.25) is 0 Å². The minimum Gasteiger partial charge on any atom is -0.395 e. The van der Waals surface area contributed by atoms with Crippen molar-refractivity contribution in [3.63, 3.8) is 0 Å². The number of hydrogen-bond acceptors (Lipinski definition) is 3. The van der Waals surface area contributed by atoms with Crippen LogP contribution in [0.15, 0.2) is 0 Å². The van der Waals surface area contributed by atoms with E-state index in [9.17, 15) is 5.11 Å². The fourth-order valence-corrected chi connectivity index (χ4v) is 2.42. The first-order valence-electron chi connectivity index (χ1n) is 6.86. The highest BCUT2D eigenvalue weighted by Crippen LogP contribution is 2.16. The molecule has 0 aliphatic carbocycles. The summed E-state index contributed by atoms with van der Waals surface area (Å²) in [6, 6.07) is 1.02. The van der Waals surface area contributed by atoms with Crippen molar-refractivity contribution in [2.75, 3.05) is 26.2 Å². The Hall–Kier alpha value is -0.120. The lowest BCUT2D eigenvalue weighted by molar-refractivity contribution is 0.143. The van der Waals surface area contributed by atoms with Crippen molar-refractivity contribution in [1.82, 2.24) is 10.2 Å². The van der Waals surface area contributed by atoms with Crippen LogP contribution in [0.4, 0.5) is 0 Å². The average molecular weight is 228 g/mol. The second-order valence-electron chi connectivity index (χ2n) is 5.00. The zero-order valence-corrected chi connectivity index (χ0v) is 10.9. The van der Waals surface area contributed by atoms with E-state index in [0.29, 0.717) is 0 Å². The number of hydrogen-bond donors (Lipinski definition) is 2. The predicted molar refractivity (Wildman–Crippen MR) is 68.7 cm³/mol. The SMILES string of the molecule is CCCNC(CO)CCN1CCCCC1C. The molecule has 0 saturated carbocycles. The van der Waals surface area contributed by atoms with Crippen LogP contribution in [-0.2, 0) is 0 Å². The molecular weight excluding hydrogens is 200 g/mol. The van der Waals surface area contributed by atoms with Crippen LogP contribution in [-0.4, -0.2) is 48.3 Å². The molecule has 0 aromatic heterocycles. The van der Waals surface area contributed by atoms with Gasteiger partial charge in [-0.25, -0.2) is 0 Å². The van der Waals surface area contributed by atoms with Gasteiger partial charge in [0.1, 0.15) is 0 Å². The normalized spacial score (nSPS) is 24.6. The van der Waals surface area contributed by atoms with Gasteiger partial charge in [-0.15, -0.1) is 0 Å². The summed E-state index contributed by atoms with van der Waals surface area (Å²) in [5.41, 5.74) is 0. The number of piperidine rings is 1. The molecule has 1 fully saturated rings. The van der Waals surface area contributed by atoms with Gasteiger partial charge < -0.3 is 15.3 Å². The Balaban J connectivity index is 2.19. The molecule has 16 heavy (non-hydrogen) atoms. The summed E-state index contributed by atoms with van der Waals surface area (Å²) in [6.07, 6.45) is 6.27. The lowest BCUT2D eigenvalue weighted by Gasteiger charge is -2.34. The van der Waals surface area contributed by atoms with Crippen LogP contribution >= 0.6 is 0 Å². The van der Waals surface area contributed by atoms with E-state index in [4.69, 9.17) is 0 Å². The van der Waals surface area contributed by atoms with Crippen LogP contribution in [0.3, 0.4) is 0 Å². The molecule has 3 nitrogen and oxygen atoms in total. The van der Waals surface area contributed by atoms with Crippen LogP contribution in [0.5, 0.6) is 0 Å². The third kappa shape index (κ3) is 4.81. The van der Waals surface area contributed by atoms with Crippen molar-refractivity contribution in [3.05, 3.63) is 0 Å². The molecule has 3 heteroatoms. The van der Waals surface area contributed by atoms with Crippen molar-refractivity contribution in [2.45, 2.75) is 58.0 Å². The molecule has 2 unspecified atom stereocenters. The van der Waals surface area contributed by atoms with Gasteiger partial charge in [0.25, 0.3) is 0 Å². The van der Waals surface area contributed by atoms with Gasteiger partial charge in [0.2, 0.25) is 0 Å². The fourth-order valence-electron chi connectivity index (χ4n) is 2.42. The first-order chi connectivity index (χ1) is 7.77. The lowest BCUT2D eigenvalue weighted by Crippen LogP contribution is -2.42. The van der Waals surface area contributed by atoms with Crippen LogP contribution < -0.4 is 5.32 Å². The number of aliphatic hydroxyl groups excluding tert-OH is 1. The lowest BCUT2D eigenvalue weighted by atomic mass is 10.0. The minimum atomic E-state index is 0.266. The maximum Gasteiger partial charge on any atom is 0.0585 e. The van der Waals surface area contributed by atoms with E-state index < -0.39 is 0 Å². The molecule has 0 bridgehead atoms. The number of nitrogens with zero attached hydrogens (tertiary/aromatic N) is 1. The van der Waals surface area contributed by atoms with Gasteiger partial charge >= 0.3 is 0 Å². The molecule has 1 saturated heterocycles. The highest BCUT2D eigenvalue weighted by Gasteiger charge is 2.18. The number of nitrogens with one attached hydrogen (secondary N) is 1. The molecule has 1 aliphatic heterocycles. The molecule has 0 aromatic carbocycles. The van der Waals surface area contributed by atoms with Crippen molar-refractivity contribution in [2.24, 2.45) is 0 Å². The molecule has 0 amide bonds. The van der Waals surface area contributed by atoms with Gasteiger partial charge in [0, 0.05) is 12.1 Å². The molecule has 1 heterocycles. The second-order valence-corrected chi connectivity index (χ2v) is 5.00. The summed E-state index contributed by atoms with van der Waals surface area (Å²) < 4.78 is 0. The van der Waals surface area contributed by atoms with Crippen molar-refractivity contribution >= 4 is 0 Å². The Bertz CT molecular complexity index is 175. The van der Waals surface area contributed by atoms with E-state index >= 15 is 0 Å². The van der Waals surface area contributed by atoms with Crippen molar-refractivity contribution < 1.29 is 5.11 Å². The Kier molecular flexibility index (Phi) is 7.01. The van der Waals surface area contributed by atoms with Crippen LogP contribution in [0.25, 0.3) is 0 Å². The van der Waals surface area contributed by atoms with Gasteiger partial charge in [-0.2, -0.15) is 0 Å². The topological polar surface area (TPSA) is 35.5 Å². The highest BCUT2D eigenvalue weighted by molar-refractivity contribution is 4.75. The summed E-state index contributed by atoms with van der Waals surface area (Å²) >= 11 is 0. The Labute approximate surface area is 100 Å². The first-order valence-corrected chi connectivity index (χ1v) is 6.86. The van der Waals surface area contributed by atoms with Gasteiger partial charge in [-0.05, 0) is 52.2 Å². The Morgan fingerprint density at radius 3 is 2.88 bits per heavy atom. The first kappa shape index (κ1) is 13.9. The molecular formula is C13H28N2O. The molecule has 96 valence electrons. The summed E-state index contributed by atoms with van der Waals surface area (Å²) in [4.78, 5) is 2.57. The van der Waals surface area contributed by atoms with Crippen LogP contribution in [0.2, 0.25) is 0 Å². The zero-order valence-electron chi connectivity index (χ0n) is 10.9. The summed E-state index contributed by atoms with van der Waals surface area (Å²) in [5.74, 6) is 0. The molecule has 0 spiro atoms. The zero-order chi connectivity index (χ0) is 11.8. The largest absolute Gasteiger partial charge is 0.395 e. The second kappa shape index (κ2) is 8.04. The fraction of sp³-hybridized carbons (Fsp3) is 1.00. The standard InChI is InChI=1S/C13H28N2O/c1-3-8-14-13(11-16)7-10-15-9-5-4-6-12(15)2/h12-14,16H,3-11H2,1-2H3. The van der Waals surface area contributed by atoms with Gasteiger partial charge in [0.15, 0.2) is 0 Å². The van der Waals surface area contributed by atoms with Crippen molar-refractivity contribution in [3.8, 4) is 0 Å². The van der Waals surface area contributed by atoms with E-state index in [-0.39, 0.29) is 12.6 Å². The van der Waals surface area contributed by atoms with E-state index in [0.717, 1.165) is 32.0 Å². The number of aliphatic hydroxyl groups is 1. The van der Waals surface area contributed by atoms with E-state index in [1.807, 2.05) is 0 Å². The number of rotatable bonds is 7. The van der Waals surface area contributed by atoms with E-state index in [2.05, 4.69) is 24.1 Å². The van der Waals surface area contributed by atoms with E-state index in [1.165, 1.54) is 25.8 Å². The van der Waals surface area contributed by atoms with Crippen molar-refractivity contribution in [1.29, 1.82) is 0 Å². The highest BCUT2D eigenvalue weighted by atomic mass is 16.3. The third-order valence-electron chi connectivity index (χ3n) is 3.61. The molecule has 2 N–H and O–H groups in total. The van der Waals surface area contributed by atoms with Crippen LogP contribution in [0, 0.1) is 0 Å². The summed E-state index contributed by atoms with van der Waals surface area (Å²) in [5, 5.41) is 12.7. The van der Waals surface area contributed by atoms with E-state index in [1.54, 1.807) is 0 Å². The van der Waals surface area contributed by atoms with Gasteiger partial charge in [0.05, 0.1) is 6.61 Å².